The second-order valence-corrected chi connectivity index (χ2v) is 7.64. The van der Waals surface area contributed by atoms with Crippen LogP contribution in [0.2, 0.25) is 0 Å². The van der Waals surface area contributed by atoms with Crippen molar-refractivity contribution in [2.24, 2.45) is 10.8 Å². The molecule has 118 valence electrons. The van der Waals surface area contributed by atoms with Crippen molar-refractivity contribution in [1.82, 2.24) is 0 Å². The molecule has 0 aromatic rings. The molecule has 0 atom stereocenters. The highest BCUT2D eigenvalue weighted by Crippen LogP contribution is 2.41. The Morgan fingerprint density at radius 2 is 1.90 bits per heavy atom. The second kappa shape index (κ2) is 6.64. The number of allylic oxidation sites excluding steroid dienone is 5. The SMILES string of the molecule is COC(=O)/C=C(/C=C/C1=C(C)CCCC1(C)C)C(C)(C)C. The molecule has 0 radical (unpaired) electrons. The highest BCUT2D eigenvalue weighted by Gasteiger charge is 2.27. The van der Waals surface area contributed by atoms with Gasteiger partial charge in [0.1, 0.15) is 0 Å². The fourth-order valence-corrected chi connectivity index (χ4v) is 2.88. The predicted molar refractivity (Wildman–Crippen MR) is 89.0 cm³/mol. The monoisotopic (exact) mass is 290 g/mol. The molecule has 2 nitrogen and oxygen atoms in total. The average Bonchev–Trinajstić information content (AvgIpc) is 2.34. The molecule has 1 aliphatic carbocycles. The summed E-state index contributed by atoms with van der Waals surface area (Å²) in [5.41, 5.74) is 4.00. The molecule has 0 bridgehead atoms. The zero-order valence-corrected chi connectivity index (χ0v) is 14.7. The van der Waals surface area contributed by atoms with Crippen LogP contribution in [0, 0.1) is 10.8 Å². The van der Waals surface area contributed by atoms with E-state index >= 15 is 0 Å². The summed E-state index contributed by atoms with van der Waals surface area (Å²) in [6.45, 7) is 13.2. The van der Waals surface area contributed by atoms with Gasteiger partial charge < -0.3 is 4.74 Å². The number of rotatable bonds is 3. The number of methoxy groups -OCH3 is 1. The molecule has 0 heterocycles. The summed E-state index contributed by atoms with van der Waals surface area (Å²) in [5.74, 6) is -0.293. The summed E-state index contributed by atoms with van der Waals surface area (Å²) in [6, 6.07) is 0. The Bertz CT molecular complexity index is 482. The van der Waals surface area contributed by atoms with Crippen LogP contribution in [0.4, 0.5) is 0 Å². The molecule has 0 spiro atoms. The molecule has 1 aliphatic rings. The van der Waals surface area contributed by atoms with Crippen molar-refractivity contribution >= 4 is 5.97 Å². The van der Waals surface area contributed by atoms with Crippen molar-refractivity contribution in [1.29, 1.82) is 0 Å². The third-order valence-corrected chi connectivity index (χ3v) is 4.31. The first-order chi connectivity index (χ1) is 9.58. The van der Waals surface area contributed by atoms with Gasteiger partial charge in [-0.2, -0.15) is 0 Å². The maximum absolute atomic E-state index is 11.6. The zero-order chi connectivity index (χ0) is 16.3. The van der Waals surface area contributed by atoms with E-state index in [1.165, 1.54) is 37.5 Å². The topological polar surface area (TPSA) is 26.3 Å². The lowest BCUT2D eigenvalue weighted by atomic mass is 9.72. The van der Waals surface area contributed by atoms with Gasteiger partial charge in [-0.3, -0.25) is 0 Å². The van der Waals surface area contributed by atoms with E-state index in [1.807, 2.05) is 0 Å². The van der Waals surface area contributed by atoms with E-state index in [1.54, 1.807) is 6.08 Å². The Labute approximate surface area is 130 Å². The zero-order valence-electron chi connectivity index (χ0n) is 14.7. The number of ether oxygens (including phenoxy) is 1. The number of hydrogen-bond donors (Lipinski definition) is 0. The maximum Gasteiger partial charge on any atom is 0.330 e. The first-order valence-corrected chi connectivity index (χ1v) is 7.76. The fraction of sp³-hybridized carbons (Fsp3) is 0.632. The van der Waals surface area contributed by atoms with Gasteiger partial charge in [-0.1, -0.05) is 52.3 Å². The fourth-order valence-electron chi connectivity index (χ4n) is 2.88. The highest BCUT2D eigenvalue weighted by atomic mass is 16.5. The lowest BCUT2D eigenvalue weighted by molar-refractivity contribution is -0.134. The number of esters is 1. The van der Waals surface area contributed by atoms with Crippen LogP contribution in [0.1, 0.15) is 60.8 Å². The molecule has 0 aromatic heterocycles. The quantitative estimate of drug-likeness (QED) is 0.405. The van der Waals surface area contributed by atoms with Crippen LogP contribution >= 0.6 is 0 Å². The van der Waals surface area contributed by atoms with Crippen molar-refractivity contribution in [3.8, 4) is 0 Å². The van der Waals surface area contributed by atoms with Crippen LogP contribution in [0.3, 0.4) is 0 Å². The minimum Gasteiger partial charge on any atom is -0.466 e. The van der Waals surface area contributed by atoms with Gasteiger partial charge in [0, 0.05) is 6.08 Å². The largest absolute Gasteiger partial charge is 0.466 e. The van der Waals surface area contributed by atoms with E-state index in [0.29, 0.717) is 0 Å². The highest BCUT2D eigenvalue weighted by molar-refractivity contribution is 5.83. The van der Waals surface area contributed by atoms with Crippen LogP contribution in [0.25, 0.3) is 0 Å². The summed E-state index contributed by atoms with van der Waals surface area (Å²) in [4.78, 5) is 11.6. The number of carbonyl (C=O) groups is 1. The number of carbonyl (C=O) groups excluding carboxylic acids is 1. The molecule has 0 saturated heterocycles. The van der Waals surface area contributed by atoms with E-state index in [4.69, 9.17) is 4.74 Å². The second-order valence-electron chi connectivity index (χ2n) is 7.64. The van der Waals surface area contributed by atoms with Crippen LogP contribution in [0.15, 0.2) is 34.9 Å². The van der Waals surface area contributed by atoms with Crippen LogP contribution in [-0.2, 0) is 9.53 Å². The minimum absolute atomic E-state index is 0.0854. The minimum atomic E-state index is -0.293. The van der Waals surface area contributed by atoms with Gasteiger partial charge in [0.15, 0.2) is 0 Å². The molecule has 21 heavy (non-hydrogen) atoms. The first-order valence-electron chi connectivity index (χ1n) is 7.76. The third-order valence-electron chi connectivity index (χ3n) is 4.31. The van der Waals surface area contributed by atoms with E-state index < -0.39 is 0 Å². The Hall–Kier alpha value is -1.31. The van der Waals surface area contributed by atoms with E-state index in [2.05, 4.69) is 53.7 Å². The van der Waals surface area contributed by atoms with Gasteiger partial charge in [-0.15, -0.1) is 0 Å². The molecule has 0 unspecified atom stereocenters. The van der Waals surface area contributed by atoms with Crippen LogP contribution in [-0.4, -0.2) is 13.1 Å². The van der Waals surface area contributed by atoms with Crippen molar-refractivity contribution in [3.05, 3.63) is 34.9 Å². The first kappa shape index (κ1) is 17.7. The van der Waals surface area contributed by atoms with Gasteiger partial charge >= 0.3 is 5.97 Å². The molecule has 0 fully saturated rings. The van der Waals surface area contributed by atoms with Crippen molar-refractivity contribution in [2.45, 2.75) is 60.8 Å². The Balaban J connectivity index is 3.14. The predicted octanol–water partition coefficient (Wildman–Crippen LogP) is 5.21. The lowest BCUT2D eigenvalue weighted by Crippen LogP contribution is -2.19. The van der Waals surface area contributed by atoms with Crippen LogP contribution in [0.5, 0.6) is 0 Å². The number of hydrogen-bond acceptors (Lipinski definition) is 2. The summed E-state index contributed by atoms with van der Waals surface area (Å²) >= 11 is 0. The summed E-state index contributed by atoms with van der Waals surface area (Å²) in [5, 5.41) is 0. The molecule has 0 saturated carbocycles. The van der Waals surface area contributed by atoms with Gasteiger partial charge in [0.25, 0.3) is 0 Å². The van der Waals surface area contributed by atoms with E-state index in [9.17, 15) is 4.79 Å². The lowest BCUT2D eigenvalue weighted by Gasteiger charge is -2.33. The Morgan fingerprint density at radius 1 is 1.29 bits per heavy atom. The smallest absolute Gasteiger partial charge is 0.330 e. The van der Waals surface area contributed by atoms with Gasteiger partial charge in [0.2, 0.25) is 0 Å². The van der Waals surface area contributed by atoms with Gasteiger partial charge in [-0.25, -0.2) is 4.79 Å². The van der Waals surface area contributed by atoms with Crippen molar-refractivity contribution in [2.75, 3.05) is 7.11 Å². The summed E-state index contributed by atoms with van der Waals surface area (Å²) < 4.78 is 4.77. The average molecular weight is 290 g/mol. The van der Waals surface area contributed by atoms with Crippen molar-refractivity contribution < 1.29 is 9.53 Å². The summed E-state index contributed by atoms with van der Waals surface area (Å²) in [6.07, 6.45) is 9.55. The molecular weight excluding hydrogens is 260 g/mol. The molecular formula is C19H30O2. The normalized spacial score (nSPS) is 20.0. The van der Waals surface area contributed by atoms with Gasteiger partial charge in [0.05, 0.1) is 7.11 Å². The van der Waals surface area contributed by atoms with E-state index in [0.717, 1.165) is 5.57 Å². The van der Waals surface area contributed by atoms with Gasteiger partial charge in [-0.05, 0) is 48.2 Å². The summed E-state index contributed by atoms with van der Waals surface area (Å²) in [7, 11) is 1.42. The molecule has 2 heteroatoms. The molecule has 0 N–H and O–H groups in total. The Kier molecular flexibility index (Phi) is 5.61. The standard InChI is InChI=1S/C19H30O2/c1-14-9-8-12-19(5,6)16(14)11-10-15(18(2,3)4)13-17(20)21-7/h10-11,13H,8-9,12H2,1-7H3/b11-10+,15-13-. The molecule has 1 rings (SSSR count). The molecule has 0 aliphatic heterocycles. The molecule has 0 aromatic carbocycles. The van der Waals surface area contributed by atoms with Crippen LogP contribution < -0.4 is 0 Å². The van der Waals surface area contributed by atoms with E-state index in [-0.39, 0.29) is 16.8 Å². The molecule has 0 amide bonds. The third kappa shape index (κ3) is 4.87. The van der Waals surface area contributed by atoms with Crippen molar-refractivity contribution in [3.63, 3.8) is 0 Å². The Morgan fingerprint density at radius 3 is 2.38 bits per heavy atom. The maximum atomic E-state index is 11.6.